The fourth-order valence-corrected chi connectivity index (χ4v) is 2.34. The zero-order valence-corrected chi connectivity index (χ0v) is 12.6. The van der Waals surface area contributed by atoms with Crippen molar-refractivity contribution < 1.29 is 9.50 Å². The molecule has 2 aromatic carbocycles. The van der Waals surface area contributed by atoms with Crippen molar-refractivity contribution in [2.45, 2.75) is 19.0 Å². The van der Waals surface area contributed by atoms with Crippen LogP contribution in [-0.4, -0.2) is 11.7 Å². The van der Waals surface area contributed by atoms with E-state index < -0.39 is 0 Å². The predicted octanol–water partition coefficient (Wildman–Crippen LogP) is 3.80. The van der Waals surface area contributed by atoms with Gasteiger partial charge in [0.1, 0.15) is 5.82 Å². The van der Waals surface area contributed by atoms with Gasteiger partial charge in [-0.15, -0.1) is 0 Å². The van der Waals surface area contributed by atoms with Crippen LogP contribution in [0.2, 0.25) is 0 Å². The van der Waals surface area contributed by atoms with E-state index in [0.717, 1.165) is 11.1 Å². The molecule has 0 amide bonds. The highest BCUT2D eigenvalue weighted by atomic mass is 79.9. The monoisotopic (exact) mass is 337 g/mol. The van der Waals surface area contributed by atoms with E-state index in [2.05, 4.69) is 21.2 Å². The van der Waals surface area contributed by atoms with Gasteiger partial charge in [-0.1, -0.05) is 36.4 Å². The van der Waals surface area contributed by atoms with Gasteiger partial charge in [0.25, 0.3) is 0 Å². The normalized spacial score (nSPS) is 12.3. The SMILES string of the molecule is OCC[C@@H](NCc1ccc(Br)c(F)c1)c1ccccc1. The smallest absolute Gasteiger partial charge is 0.137 e. The first-order valence-corrected chi connectivity index (χ1v) is 7.33. The van der Waals surface area contributed by atoms with Gasteiger partial charge in [-0.2, -0.15) is 0 Å². The van der Waals surface area contributed by atoms with Gasteiger partial charge < -0.3 is 10.4 Å². The summed E-state index contributed by atoms with van der Waals surface area (Å²) in [5.41, 5.74) is 2.00. The van der Waals surface area contributed by atoms with Crippen LogP contribution in [0.25, 0.3) is 0 Å². The van der Waals surface area contributed by atoms with Gasteiger partial charge in [0.15, 0.2) is 0 Å². The van der Waals surface area contributed by atoms with Crippen LogP contribution >= 0.6 is 15.9 Å². The maximum atomic E-state index is 13.5. The van der Waals surface area contributed by atoms with Crippen LogP contribution in [-0.2, 0) is 6.54 Å². The third kappa shape index (κ3) is 4.13. The van der Waals surface area contributed by atoms with Crippen molar-refractivity contribution in [3.63, 3.8) is 0 Å². The lowest BCUT2D eigenvalue weighted by atomic mass is 10.0. The van der Waals surface area contributed by atoms with E-state index in [-0.39, 0.29) is 18.5 Å². The van der Waals surface area contributed by atoms with Gasteiger partial charge in [0.2, 0.25) is 0 Å². The average molecular weight is 338 g/mol. The molecule has 0 bridgehead atoms. The number of rotatable bonds is 6. The van der Waals surface area contributed by atoms with Crippen molar-refractivity contribution in [2.75, 3.05) is 6.61 Å². The first-order chi connectivity index (χ1) is 9.70. The molecule has 106 valence electrons. The van der Waals surface area contributed by atoms with Gasteiger partial charge >= 0.3 is 0 Å². The van der Waals surface area contributed by atoms with Crippen molar-refractivity contribution in [3.05, 3.63) is 69.9 Å². The molecule has 0 spiro atoms. The highest BCUT2D eigenvalue weighted by molar-refractivity contribution is 9.10. The first kappa shape index (κ1) is 15.2. The van der Waals surface area contributed by atoms with E-state index in [1.54, 1.807) is 6.07 Å². The Morgan fingerprint density at radius 1 is 1.15 bits per heavy atom. The molecule has 4 heteroatoms. The maximum absolute atomic E-state index is 13.5. The van der Waals surface area contributed by atoms with Crippen molar-refractivity contribution in [1.29, 1.82) is 0 Å². The molecule has 0 aliphatic carbocycles. The van der Waals surface area contributed by atoms with Gasteiger partial charge in [-0.05, 0) is 45.6 Å². The van der Waals surface area contributed by atoms with E-state index in [0.29, 0.717) is 17.4 Å². The summed E-state index contributed by atoms with van der Waals surface area (Å²) in [7, 11) is 0. The Kier molecular flexibility index (Phi) is 5.71. The molecule has 0 saturated carbocycles. The highest BCUT2D eigenvalue weighted by Gasteiger charge is 2.10. The van der Waals surface area contributed by atoms with Crippen LogP contribution in [0.3, 0.4) is 0 Å². The van der Waals surface area contributed by atoms with Gasteiger partial charge in [-0.3, -0.25) is 0 Å². The highest BCUT2D eigenvalue weighted by Crippen LogP contribution is 2.19. The molecule has 0 fully saturated rings. The topological polar surface area (TPSA) is 32.3 Å². The van der Waals surface area contributed by atoms with Crippen molar-refractivity contribution in [3.8, 4) is 0 Å². The van der Waals surface area contributed by atoms with Crippen LogP contribution in [0.15, 0.2) is 53.0 Å². The lowest BCUT2D eigenvalue weighted by Gasteiger charge is -2.18. The Hall–Kier alpha value is -1.23. The summed E-state index contributed by atoms with van der Waals surface area (Å²) in [6.45, 7) is 0.672. The maximum Gasteiger partial charge on any atom is 0.137 e. The summed E-state index contributed by atoms with van der Waals surface area (Å²) in [4.78, 5) is 0. The Labute approximate surface area is 126 Å². The Balaban J connectivity index is 2.03. The van der Waals surface area contributed by atoms with E-state index in [4.69, 9.17) is 5.11 Å². The summed E-state index contributed by atoms with van der Waals surface area (Å²) >= 11 is 3.14. The average Bonchev–Trinajstić information content (AvgIpc) is 2.48. The molecule has 0 aromatic heterocycles. The van der Waals surface area contributed by atoms with E-state index >= 15 is 0 Å². The van der Waals surface area contributed by atoms with E-state index in [1.165, 1.54) is 6.07 Å². The second-order valence-electron chi connectivity index (χ2n) is 4.60. The summed E-state index contributed by atoms with van der Waals surface area (Å²) in [6, 6.07) is 15.1. The molecule has 0 aliphatic heterocycles. The quantitative estimate of drug-likeness (QED) is 0.840. The largest absolute Gasteiger partial charge is 0.396 e. The lowest BCUT2D eigenvalue weighted by molar-refractivity contribution is 0.265. The number of hydrogen-bond acceptors (Lipinski definition) is 2. The van der Waals surface area contributed by atoms with Gasteiger partial charge in [0, 0.05) is 19.2 Å². The number of halogens is 2. The van der Waals surface area contributed by atoms with Gasteiger partial charge in [0.05, 0.1) is 4.47 Å². The fourth-order valence-electron chi connectivity index (χ4n) is 2.09. The Bertz CT molecular complexity index is 547. The Morgan fingerprint density at radius 3 is 2.55 bits per heavy atom. The molecule has 2 rings (SSSR count). The van der Waals surface area contributed by atoms with E-state index in [9.17, 15) is 4.39 Å². The van der Waals surface area contributed by atoms with Crippen molar-refractivity contribution in [1.82, 2.24) is 5.32 Å². The second kappa shape index (κ2) is 7.53. The summed E-state index contributed by atoms with van der Waals surface area (Å²) in [6.07, 6.45) is 0.628. The van der Waals surface area contributed by atoms with E-state index in [1.807, 2.05) is 36.4 Å². The molecule has 0 aliphatic rings. The standard InChI is InChI=1S/C16H17BrFNO/c17-14-7-6-12(10-15(14)18)11-19-16(8-9-20)13-4-2-1-3-5-13/h1-7,10,16,19-20H,8-9,11H2/t16-/m1/s1. The van der Waals surface area contributed by atoms with Gasteiger partial charge in [-0.25, -0.2) is 4.39 Å². The minimum absolute atomic E-state index is 0.0629. The lowest BCUT2D eigenvalue weighted by Crippen LogP contribution is -2.22. The first-order valence-electron chi connectivity index (χ1n) is 6.54. The summed E-state index contributed by atoms with van der Waals surface area (Å²) in [5.74, 6) is -0.261. The van der Waals surface area contributed by atoms with Crippen LogP contribution in [0.4, 0.5) is 4.39 Å². The number of hydrogen-bond donors (Lipinski definition) is 2. The predicted molar refractivity (Wildman–Crippen MR) is 81.8 cm³/mol. The summed E-state index contributed by atoms with van der Waals surface area (Å²) < 4.78 is 13.9. The second-order valence-corrected chi connectivity index (χ2v) is 5.46. The molecule has 1 atom stereocenters. The number of benzene rings is 2. The van der Waals surface area contributed by atoms with Crippen LogP contribution in [0.5, 0.6) is 0 Å². The minimum atomic E-state index is -0.261. The fraction of sp³-hybridized carbons (Fsp3) is 0.250. The molecule has 0 radical (unpaired) electrons. The number of aliphatic hydroxyl groups is 1. The summed E-state index contributed by atoms with van der Waals surface area (Å²) in [5, 5.41) is 12.5. The molecular formula is C16H17BrFNO. The Morgan fingerprint density at radius 2 is 1.90 bits per heavy atom. The third-order valence-electron chi connectivity index (χ3n) is 3.16. The van der Waals surface area contributed by atoms with Crippen molar-refractivity contribution >= 4 is 15.9 Å². The molecule has 2 N–H and O–H groups in total. The molecule has 2 nitrogen and oxygen atoms in total. The third-order valence-corrected chi connectivity index (χ3v) is 3.80. The molecule has 0 unspecified atom stereocenters. The van der Waals surface area contributed by atoms with Crippen molar-refractivity contribution in [2.24, 2.45) is 0 Å². The molecule has 2 aromatic rings. The zero-order chi connectivity index (χ0) is 14.4. The van der Waals surface area contributed by atoms with Crippen LogP contribution in [0, 0.1) is 5.82 Å². The zero-order valence-electron chi connectivity index (χ0n) is 11.0. The molecular weight excluding hydrogens is 321 g/mol. The molecule has 0 heterocycles. The molecule has 20 heavy (non-hydrogen) atoms. The number of aliphatic hydroxyl groups excluding tert-OH is 1. The minimum Gasteiger partial charge on any atom is -0.396 e. The van der Waals surface area contributed by atoms with Crippen LogP contribution in [0.1, 0.15) is 23.6 Å². The van der Waals surface area contributed by atoms with Crippen LogP contribution < -0.4 is 5.32 Å². The number of nitrogens with one attached hydrogen (secondary N) is 1. The molecule has 0 saturated heterocycles.